The number of thioether (sulfide) groups is 1. The van der Waals surface area contributed by atoms with Gasteiger partial charge in [-0.1, -0.05) is 57.6 Å². The van der Waals surface area contributed by atoms with Crippen LogP contribution in [0.1, 0.15) is 87.4 Å². The van der Waals surface area contributed by atoms with Crippen molar-refractivity contribution in [3.8, 4) is 0 Å². The van der Waals surface area contributed by atoms with Crippen LogP contribution in [-0.2, 0) is 4.74 Å². The number of morpholine rings is 1. The lowest BCUT2D eigenvalue weighted by molar-refractivity contribution is 0.0380. The van der Waals surface area contributed by atoms with Gasteiger partial charge < -0.3 is 15.8 Å². The minimum absolute atomic E-state index is 0.141. The summed E-state index contributed by atoms with van der Waals surface area (Å²) in [6.07, 6.45) is 11.2. The molecule has 1 heterocycles. The highest BCUT2D eigenvalue weighted by Gasteiger charge is 2.23. The smallest absolute Gasteiger partial charge is 0.255 e. The van der Waals surface area contributed by atoms with Gasteiger partial charge in [-0.15, -0.1) is 11.8 Å². The van der Waals surface area contributed by atoms with Crippen molar-refractivity contribution in [3.05, 3.63) is 70.3 Å². The molecule has 0 spiro atoms. The summed E-state index contributed by atoms with van der Waals surface area (Å²) in [5.74, 6) is 0.578. The van der Waals surface area contributed by atoms with Crippen molar-refractivity contribution in [3.63, 3.8) is 0 Å². The van der Waals surface area contributed by atoms with Gasteiger partial charge in [-0.25, -0.2) is 0 Å². The van der Waals surface area contributed by atoms with Crippen LogP contribution in [0, 0.1) is 12.8 Å². The van der Waals surface area contributed by atoms with Gasteiger partial charge in [0.1, 0.15) is 0 Å². The number of carbonyl (C=O) groups is 1. The second kappa shape index (κ2) is 18.0. The van der Waals surface area contributed by atoms with E-state index in [1.807, 2.05) is 50.2 Å². The molecular weight excluding hydrogens is 514 g/mol. The van der Waals surface area contributed by atoms with E-state index in [1.165, 1.54) is 41.8 Å². The number of benzene rings is 2. The first-order chi connectivity index (χ1) is 19.4. The van der Waals surface area contributed by atoms with Gasteiger partial charge in [-0.2, -0.15) is 0 Å². The van der Waals surface area contributed by atoms with Crippen LogP contribution in [0.15, 0.2) is 48.0 Å². The molecule has 0 unspecified atom stereocenters. The number of hydrogen-bond acceptors (Lipinski definition) is 5. The van der Waals surface area contributed by atoms with Gasteiger partial charge in [0, 0.05) is 23.6 Å². The summed E-state index contributed by atoms with van der Waals surface area (Å²) in [5, 5.41) is 3.00. The minimum atomic E-state index is -0.141. The van der Waals surface area contributed by atoms with Gasteiger partial charge in [0.2, 0.25) is 0 Å². The fourth-order valence-corrected chi connectivity index (χ4v) is 5.19. The number of anilines is 2. The van der Waals surface area contributed by atoms with Crippen molar-refractivity contribution >= 4 is 40.0 Å². The molecule has 2 aliphatic rings. The first-order valence-corrected chi connectivity index (χ1v) is 16.1. The summed E-state index contributed by atoms with van der Waals surface area (Å²) < 4.78 is 5.20. The van der Waals surface area contributed by atoms with E-state index in [1.54, 1.807) is 11.8 Å². The van der Waals surface area contributed by atoms with Crippen LogP contribution in [0.2, 0.25) is 0 Å². The molecule has 2 fully saturated rings. The summed E-state index contributed by atoms with van der Waals surface area (Å²) in [7, 11) is 0. The lowest BCUT2D eigenvalue weighted by Gasteiger charge is -2.25. The van der Waals surface area contributed by atoms with Crippen LogP contribution in [0.25, 0.3) is 11.0 Å². The van der Waals surface area contributed by atoms with Crippen molar-refractivity contribution < 1.29 is 9.53 Å². The number of allylic oxidation sites excluding steroid dienone is 2. The molecule has 1 saturated carbocycles. The Labute approximate surface area is 247 Å². The minimum Gasteiger partial charge on any atom is -0.397 e. The Morgan fingerprint density at radius 2 is 1.77 bits per heavy atom. The molecule has 0 radical (unpaired) electrons. The molecule has 1 saturated heterocycles. The van der Waals surface area contributed by atoms with E-state index in [0.29, 0.717) is 16.9 Å². The number of nitrogens with zero attached hydrogens (tertiary/aromatic N) is 1. The zero-order valence-electron chi connectivity index (χ0n) is 25.8. The second-order valence-corrected chi connectivity index (χ2v) is 11.0. The third-order valence-electron chi connectivity index (χ3n) is 6.98. The maximum atomic E-state index is 12.9. The number of nitrogen functional groups attached to an aromatic ring is 1. The van der Waals surface area contributed by atoms with Gasteiger partial charge >= 0.3 is 0 Å². The van der Waals surface area contributed by atoms with Gasteiger partial charge in [0.25, 0.3) is 5.91 Å². The number of nitrogens with two attached hydrogens (primary N) is 1. The Morgan fingerprint density at radius 1 is 1.10 bits per heavy atom. The molecule has 2 aromatic carbocycles. The Kier molecular flexibility index (Phi) is 15.2. The van der Waals surface area contributed by atoms with Crippen molar-refractivity contribution in [2.45, 2.75) is 67.2 Å². The van der Waals surface area contributed by atoms with E-state index in [0.717, 1.165) is 49.8 Å². The van der Waals surface area contributed by atoms with Crippen molar-refractivity contribution in [1.82, 2.24) is 4.90 Å². The largest absolute Gasteiger partial charge is 0.397 e. The predicted molar refractivity (Wildman–Crippen MR) is 177 cm³/mol. The highest BCUT2D eigenvalue weighted by molar-refractivity contribution is 8.07. The molecule has 5 nitrogen and oxygen atoms in total. The zero-order chi connectivity index (χ0) is 29.5. The maximum Gasteiger partial charge on any atom is 0.255 e. The monoisotopic (exact) mass is 565 g/mol. The Bertz CT molecular complexity index is 1130. The summed E-state index contributed by atoms with van der Waals surface area (Å²) in [5.41, 5.74) is 12.8. The molecule has 6 heteroatoms. The molecule has 4 rings (SSSR count). The van der Waals surface area contributed by atoms with Crippen molar-refractivity contribution in [2.75, 3.05) is 50.2 Å². The van der Waals surface area contributed by atoms with Gasteiger partial charge in [0.05, 0.1) is 24.6 Å². The molecule has 40 heavy (non-hydrogen) atoms. The number of amides is 1. The number of nitrogens with one attached hydrogen (secondary N) is 1. The van der Waals surface area contributed by atoms with Gasteiger partial charge in [0.15, 0.2) is 0 Å². The summed E-state index contributed by atoms with van der Waals surface area (Å²) in [6, 6.07) is 11.7. The number of ether oxygens (including phenoxy) is 1. The zero-order valence-corrected chi connectivity index (χ0v) is 26.6. The average molecular weight is 566 g/mol. The molecule has 220 valence electrons. The average Bonchev–Trinajstić information content (AvgIpc) is 3.82. The number of hydrogen-bond donors (Lipinski definition) is 2. The lowest BCUT2D eigenvalue weighted by Crippen LogP contribution is -2.36. The summed E-state index contributed by atoms with van der Waals surface area (Å²) in [4.78, 5) is 16.6. The predicted octanol–water partition coefficient (Wildman–Crippen LogP) is 8.51. The molecule has 1 aliphatic carbocycles. The number of aryl methyl sites for hydroxylation is 1. The Morgan fingerprint density at radius 3 is 2.38 bits per heavy atom. The standard InChI is InChI=1S/C25H30N2OS.C7H15NO.C2H6/c1-5-6-24(29-4)19-11-12-22(26)23(15-19)27-25(28)20-8-7-16(2)21(14-20)13-17(3)18-9-10-18;1-2-3-8-4-6-9-7-5-8;1-2/h6-8,11-15,18H,5,9-10,26H2,1-4H3,(H,27,28);2-7H2,1H3;1-2H3/b17-13+,24-6-;;. The normalized spacial score (nSPS) is 15.9. The molecule has 3 N–H and O–H groups in total. The van der Waals surface area contributed by atoms with Crippen LogP contribution in [-0.4, -0.2) is 49.9 Å². The third kappa shape index (κ3) is 10.8. The Balaban J connectivity index is 0.000000428. The second-order valence-electron chi connectivity index (χ2n) is 10.1. The van der Waals surface area contributed by atoms with E-state index < -0.39 is 0 Å². The molecular formula is C34H51N3O2S. The topological polar surface area (TPSA) is 67.6 Å². The molecule has 1 amide bonds. The van der Waals surface area contributed by atoms with Gasteiger partial charge in [-0.05, 0) is 99.2 Å². The van der Waals surface area contributed by atoms with Crippen LogP contribution < -0.4 is 11.1 Å². The third-order valence-corrected chi connectivity index (χ3v) is 7.83. The van der Waals surface area contributed by atoms with E-state index >= 15 is 0 Å². The summed E-state index contributed by atoms with van der Waals surface area (Å²) >= 11 is 1.70. The van der Waals surface area contributed by atoms with E-state index in [-0.39, 0.29) is 5.91 Å². The first-order valence-electron chi connectivity index (χ1n) is 14.9. The fraction of sp³-hybridized carbons (Fsp3) is 0.500. The van der Waals surface area contributed by atoms with Gasteiger partial charge in [-0.3, -0.25) is 9.69 Å². The quantitative estimate of drug-likeness (QED) is 0.298. The summed E-state index contributed by atoms with van der Waals surface area (Å²) in [6.45, 7) is 18.0. The maximum absolute atomic E-state index is 12.9. The highest BCUT2D eigenvalue weighted by Crippen LogP contribution is 2.37. The number of rotatable bonds is 9. The van der Waals surface area contributed by atoms with E-state index in [2.05, 4.69) is 56.3 Å². The lowest BCUT2D eigenvalue weighted by atomic mass is 10.0. The van der Waals surface area contributed by atoms with Crippen LogP contribution in [0.3, 0.4) is 0 Å². The van der Waals surface area contributed by atoms with Crippen molar-refractivity contribution in [2.24, 2.45) is 5.92 Å². The Hall–Kier alpha value is -2.54. The molecule has 0 aromatic heterocycles. The SMILES string of the molecule is CC.CC/C=C(\SC)c1ccc(N)c(NC(=O)c2ccc(C)c(/C=C(\C)C3CC3)c2)c1.CCCN1CCOCC1. The number of carbonyl (C=O) groups excluding carboxylic acids is 1. The van der Waals surface area contributed by atoms with Crippen LogP contribution in [0.4, 0.5) is 11.4 Å². The van der Waals surface area contributed by atoms with Crippen molar-refractivity contribution in [1.29, 1.82) is 0 Å². The van der Waals surface area contributed by atoms with E-state index in [9.17, 15) is 4.79 Å². The molecule has 1 aliphatic heterocycles. The van der Waals surface area contributed by atoms with E-state index in [4.69, 9.17) is 10.5 Å². The molecule has 2 aromatic rings. The van der Waals surface area contributed by atoms with Crippen LogP contribution in [0.5, 0.6) is 0 Å². The highest BCUT2D eigenvalue weighted by atomic mass is 32.2. The molecule has 0 bridgehead atoms. The first kappa shape index (κ1) is 33.7. The fourth-order valence-electron chi connectivity index (χ4n) is 4.50. The molecule has 0 atom stereocenters. The van der Waals surface area contributed by atoms with Crippen LogP contribution >= 0.6 is 11.8 Å².